The third-order valence-electron chi connectivity index (χ3n) is 1.63. The van der Waals surface area contributed by atoms with Crippen LogP contribution in [-0.4, -0.2) is 12.2 Å². The number of benzene rings is 1. The van der Waals surface area contributed by atoms with Crippen molar-refractivity contribution in [2.24, 2.45) is 0 Å². The van der Waals surface area contributed by atoms with E-state index in [1.165, 1.54) is 13.2 Å². The van der Waals surface area contributed by atoms with Crippen LogP contribution in [0.3, 0.4) is 0 Å². The second-order valence-electron chi connectivity index (χ2n) is 2.52. The topological polar surface area (TPSA) is 55.5 Å². The van der Waals surface area contributed by atoms with Gasteiger partial charge in [-0.3, -0.25) is 0 Å². The van der Waals surface area contributed by atoms with E-state index in [2.05, 4.69) is 6.58 Å². The van der Waals surface area contributed by atoms with E-state index >= 15 is 0 Å². The van der Waals surface area contributed by atoms with Crippen molar-refractivity contribution in [1.29, 1.82) is 0 Å². The molecule has 4 heteroatoms. The van der Waals surface area contributed by atoms with Gasteiger partial charge in [-0.25, -0.2) is 0 Å². The Balaban J connectivity index is 3.28. The molecule has 0 aliphatic carbocycles. The Hall–Kier alpha value is -1.35. The number of hydrogen-bond acceptors (Lipinski definition) is 3. The van der Waals surface area contributed by atoms with Gasteiger partial charge in [0.15, 0.2) is 0 Å². The van der Waals surface area contributed by atoms with Gasteiger partial charge in [0.2, 0.25) is 0 Å². The molecule has 13 heavy (non-hydrogen) atoms. The van der Waals surface area contributed by atoms with Crippen molar-refractivity contribution in [2.45, 2.75) is 0 Å². The quantitative estimate of drug-likeness (QED) is 0.568. The van der Waals surface area contributed by atoms with E-state index in [0.29, 0.717) is 22.0 Å². The minimum absolute atomic E-state index is 0.109. The zero-order valence-corrected chi connectivity index (χ0v) is 7.93. The van der Waals surface area contributed by atoms with Crippen LogP contribution >= 0.6 is 11.6 Å². The zero-order chi connectivity index (χ0) is 10.0. The van der Waals surface area contributed by atoms with Crippen molar-refractivity contribution in [3.8, 4) is 5.75 Å². The van der Waals surface area contributed by atoms with Crippen LogP contribution in [0.5, 0.6) is 5.75 Å². The first-order valence-electron chi connectivity index (χ1n) is 3.57. The third-order valence-corrected chi connectivity index (χ3v) is 1.93. The van der Waals surface area contributed by atoms with Gasteiger partial charge < -0.3 is 15.6 Å². The van der Waals surface area contributed by atoms with Gasteiger partial charge in [0.1, 0.15) is 11.5 Å². The molecule has 0 unspecified atom stereocenters. The Kier molecular flexibility index (Phi) is 2.68. The maximum atomic E-state index is 9.12. The molecule has 1 rings (SSSR count). The Morgan fingerprint density at radius 1 is 1.62 bits per heavy atom. The molecule has 70 valence electrons. The normalized spacial score (nSPS) is 9.69. The van der Waals surface area contributed by atoms with Crippen molar-refractivity contribution < 1.29 is 9.84 Å². The number of nitrogen functional groups attached to an aromatic ring is 1. The van der Waals surface area contributed by atoms with E-state index in [-0.39, 0.29) is 5.76 Å². The van der Waals surface area contributed by atoms with Crippen molar-refractivity contribution in [3.05, 3.63) is 29.3 Å². The van der Waals surface area contributed by atoms with Crippen molar-refractivity contribution in [2.75, 3.05) is 12.8 Å². The van der Waals surface area contributed by atoms with Crippen molar-refractivity contribution in [3.63, 3.8) is 0 Å². The molecule has 0 aliphatic rings. The molecule has 3 N–H and O–H groups in total. The van der Waals surface area contributed by atoms with Gasteiger partial charge in [0, 0.05) is 17.3 Å². The van der Waals surface area contributed by atoms with Crippen LogP contribution in [0.15, 0.2) is 18.7 Å². The smallest absolute Gasteiger partial charge is 0.139 e. The lowest BCUT2D eigenvalue weighted by Gasteiger charge is -2.08. The first-order chi connectivity index (χ1) is 6.06. The molecular formula is C9H10ClNO2. The van der Waals surface area contributed by atoms with Gasteiger partial charge >= 0.3 is 0 Å². The molecule has 0 amide bonds. The Labute approximate surface area is 81.4 Å². The molecule has 0 fully saturated rings. The lowest BCUT2D eigenvalue weighted by Crippen LogP contribution is -1.95. The molecule has 3 nitrogen and oxygen atoms in total. The first-order valence-corrected chi connectivity index (χ1v) is 3.95. The number of aliphatic hydroxyl groups is 1. The lowest BCUT2D eigenvalue weighted by molar-refractivity contribution is 0.415. The molecule has 0 atom stereocenters. The monoisotopic (exact) mass is 199 g/mol. The number of halogens is 1. The maximum absolute atomic E-state index is 9.12. The van der Waals surface area contributed by atoms with Gasteiger partial charge in [-0.2, -0.15) is 0 Å². The minimum Gasteiger partial charge on any atom is -0.508 e. The summed E-state index contributed by atoms with van der Waals surface area (Å²) in [7, 11) is 1.49. The Bertz CT molecular complexity index is 350. The second kappa shape index (κ2) is 3.58. The standard InChI is InChI=1S/C9H10ClNO2/c1-5(12)6-3-7(10)9(13-2)4-8(6)11/h3-4,12H,1,11H2,2H3. The highest BCUT2D eigenvalue weighted by Crippen LogP contribution is 2.31. The maximum Gasteiger partial charge on any atom is 0.139 e. The molecule has 0 saturated heterocycles. The fraction of sp³-hybridized carbons (Fsp3) is 0.111. The second-order valence-corrected chi connectivity index (χ2v) is 2.93. The number of methoxy groups -OCH3 is 1. The van der Waals surface area contributed by atoms with Crippen molar-refractivity contribution >= 4 is 23.0 Å². The van der Waals surface area contributed by atoms with Gasteiger partial charge in [0.05, 0.1) is 12.1 Å². The summed E-state index contributed by atoms with van der Waals surface area (Å²) in [6.07, 6.45) is 0. The molecule has 0 bridgehead atoms. The van der Waals surface area contributed by atoms with E-state index < -0.39 is 0 Å². The van der Waals surface area contributed by atoms with Crippen LogP contribution < -0.4 is 10.5 Å². The molecule has 0 aliphatic heterocycles. The summed E-state index contributed by atoms with van der Waals surface area (Å²) < 4.78 is 4.94. The molecule has 0 aromatic heterocycles. The SMILES string of the molecule is C=C(O)c1cc(Cl)c(OC)cc1N. The number of aliphatic hydroxyl groups excluding tert-OH is 1. The highest BCUT2D eigenvalue weighted by molar-refractivity contribution is 6.32. The zero-order valence-electron chi connectivity index (χ0n) is 7.17. The highest BCUT2D eigenvalue weighted by atomic mass is 35.5. The molecular weight excluding hydrogens is 190 g/mol. The molecule has 0 heterocycles. The summed E-state index contributed by atoms with van der Waals surface area (Å²) >= 11 is 5.81. The predicted octanol–water partition coefficient (Wildman–Crippen LogP) is 2.46. The molecule has 0 saturated carbocycles. The fourth-order valence-corrected chi connectivity index (χ4v) is 1.22. The molecule has 0 radical (unpaired) electrons. The number of ether oxygens (including phenoxy) is 1. The summed E-state index contributed by atoms with van der Waals surface area (Å²) in [5.74, 6) is 0.367. The highest BCUT2D eigenvalue weighted by Gasteiger charge is 2.08. The van der Waals surface area contributed by atoms with Crippen LogP contribution in [0.25, 0.3) is 5.76 Å². The average molecular weight is 200 g/mol. The minimum atomic E-state index is -0.109. The van der Waals surface area contributed by atoms with Crippen LogP contribution in [-0.2, 0) is 0 Å². The van der Waals surface area contributed by atoms with E-state index in [0.717, 1.165) is 0 Å². The van der Waals surface area contributed by atoms with Crippen LogP contribution in [0.2, 0.25) is 5.02 Å². The van der Waals surface area contributed by atoms with Gasteiger partial charge in [-0.05, 0) is 6.07 Å². The van der Waals surface area contributed by atoms with E-state index in [4.69, 9.17) is 27.2 Å². The van der Waals surface area contributed by atoms with Gasteiger partial charge in [-0.1, -0.05) is 18.2 Å². The average Bonchev–Trinajstić information content (AvgIpc) is 2.07. The first kappa shape index (κ1) is 9.74. The van der Waals surface area contributed by atoms with E-state index in [9.17, 15) is 0 Å². The van der Waals surface area contributed by atoms with Crippen LogP contribution in [0.1, 0.15) is 5.56 Å². The molecule has 1 aromatic carbocycles. The number of hydrogen-bond donors (Lipinski definition) is 2. The largest absolute Gasteiger partial charge is 0.508 e. The van der Waals surface area contributed by atoms with Crippen LogP contribution in [0.4, 0.5) is 5.69 Å². The van der Waals surface area contributed by atoms with E-state index in [1.54, 1.807) is 6.07 Å². The molecule has 1 aromatic rings. The molecule has 0 spiro atoms. The summed E-state index contributed by atoms with van der Waals surface area (Å²) in [6, 6.07) is 3.05. The van der Waals surface area contributed by atoms with Gasteiger partial charge in [-0.15, -0.1) is 0 Å². The summed E-state index contributed by atoms with van der Waals surface area (Å²) in [6.45, 7) is 3.36. The summed E-state index contributed by atoms with van der Waals surface area (Å²) in [5, 5.41) is 9.51. The van der Waals surface area contributed by atoms with Crippen LogP contribution in [0, 0.1) is 0 Å². The Morgan fingerprint density at radius 3 is 2.69 bits per heavy atom. The lowest BCUT2D eigenvalue weighted by atomic mass is 10.1. The fourth-order valence-electron chi connectivity index (χ4n) is 0.975. The van der Waals surface area contributed by atoms with Crippen molar-refractivity contribution in [1.82, 2.24) is 0 Å². The van der Waals surface area contributed by atoms with Gasteiger partial charge in [0.25, 0.3) is 0 Å². The predicted molar refractivity (Wildman–Crippen MR) is 54.1 cm³/mol. The number of anilines is 1. The Morgan fingerprint density at radius 2 is 2.23 bits per heavy atom. The summed E-state index contributed by atoms with van der Waals surface area (Å²) in [4.78, 5) is 0. The third kappa shape index (κ3) is 1.87. The van der Waals surface area contributed by atoms with E-state index in [1.807, 2.05) is 0 Å². The number of rotatable bonds is 2. The number of nitrogens with two attached hydrogens (primary N) is 1. The summed E-state index contributed by atoms with van der Waals surface area (Å²) in [5.41, 5.74) is 6.41.